The number of nitrogens with zero attached hydrogens (tertiary/aromatic N) is 1. The van der Waals surface area contributed by atoms with E-state index in [1.165, 1.54) is 53.2 Å². The van der Waals surface area contributed by atoms with Gasteiger partial charge in [-0.05, 0) is 87.6 Å². The van der Waals surface area contributed by atoms with Crippen LogP contribution in [0.25, 0.3) is 75.1 Å². The molecule has 10 rings (SSSR count). The van der Waals surface area contributed by atoms with Crippen molar-refractivity contribution in [2.24, 2.45) is 0 Å². The molecule has 8 aromatic carbocycles. The van der Waals surface area contributed by atoms with Gasteiger partial charge >= 0.3 is 0 Å². The molecule has 0 fully saturated rings. The molecule has 230 valence electrons. The van der Waals surface area contributed by atoms with Crippen LogP contribution >= 0.6 is 11.3 Å². The van der Waals surface area contributed by atoms with Crippen LogP contribution in [-0.2, 0) is 0 Å². The van der Waals surface area contributed by atoms with Gasteiger partial charge in [-0.3, -0.25) is 0 Å². The highest BCUT2D eigenvalue weighted by Gasteiger charge is 2.20. The zero-order valence-electron chi connectivity index (χ0n) is 26.5. The Morgan fingerprint density at radius 1 is 0.408 bits per heavy atom. The molecular formula is C46H29NOS. The van der Waals surface area contributed by atoms with Crippen LogP contribution in [0, 0.1) is 0 Å². The lowest BCUT2D eigenvalue weighted by atomic mass is 9.93. The standard InChI is InChI=1S/C46H29NOS/c1-2-12-30(13-3-1)41-28-33(26-32-14-4-5-17-36(32)41)31-15-10-16-34(27-31)47(35-24-25-38-37-18-6-8-22-43(37)48-44(38)29-35)42-21-11-20-40-39-19-7-9-23-45(39)49-46(40)42/h1-29H. The Kier molecular flexibility index (Phi) is 6.39. The van der Waals surface area contributed by atoms with Crippen molar-refractivity contribution in [2.75, 3.05) is 4.90 Å². The minimum Gasteiger partial charge on any atom is -0.456 e. The number of anilines is 3. The summed E-state index contributed by atoms with van der Waals surface area (Å²) in [6.07, 6.45) is 0. The van der Waals surface area contributed by atoms with Gasteiger partial charge in [-0.15, -0.1) is 11.3 Å². The maximum absolute atomic E-state index is 6.42. The zero-order valence-corrected chi connectivity index (χ0v) is 27.3. The number of thiophene rings is 1. The number of rotatable bonds is 5. The molecule has 0 aliphatic rings. The van der Waals surface area contributed by atoms with Crippen LogP contribution in [0.15, 0.2) is 180 Å². The normalized spacial score (nSPS) is 11.7. The first-order chi connectivity index (χ1) is 24.3. The molecular weight excluding hydrogens is 615 g/mol. The van der Waals surface area contributed by atoms with E-state index in [0.717, 1.165) is 39.0 Å². The number of para-hydroxylation sites is 1. The first kappa shape index (κ1) is 27.9. The van der Waals surface area contributed by atoms with Gasteiger partial charge in [0.1, 0.15) is 11.2 Å². The second-order valence-corrected chi connectivity index (χ2v) is 13.6. The van der Waals surface area contributed by atoms with E-state index in [0.29, 0.717) is 0 Å². The molecule has 0 aliphatic carbocycles. The minimum atomic E-state index is 0.880. The van der Waals surface area contributed by atoms with E-state index in [1.54, 1.807) is 0 Å². The molecule has 0 spiro atoms. The van der Waals surface area contributed by atoms with E-state index < -0.39 is 0 Å². The van der Waals surface area contributed by atoms with Crippen molar-refractivity contribution >= 4 is 81.3 Å². The highest BCUT2D eigenvalue weighted by atomic mass is 32.1. The first-order valence-corrected chi connectivity index (χ1v) is 17.4. The molecule has 2 nitrogen and oxygen atoms in total. The van der Waals surface area contributed by atoms with Crippen LogP contribution in [0.1, 0.15) is 0 Å². The van der Waals surface area contributed by atoms with Crippen LogP contribution in [0.4, 0.5) is 17.1 Å². The van der Waals surface area contributed by atoms with Gasteiger partial charge in [0.25, 0.3) is 0 Å². The molecule has 49 heavy (non-hydrogen) atoms. The molecule has 0 radical (unpaired) electrons. The third-order valence-electron chi connectivity index (χ3n) is 9.63. The Labute approximate surface area is 287 Å². The summed E-state index contributed by atoms with van der Waals surface area (Å²) in [5.41, 5.74) is 9.88. The highest BCUT2D eigenvalue weighted by molar-refractivity contribution is 7.26. The average Bonchev–Trinajstić information content (AvgIpc) is 3.74. The fraction of sp³-hybridized carbons (Fsp3) is 0. The molecule has 2 heterocycles. The monoisotopic (exact) mass is 643 g/mol. The predicted octanol–water partition coefficient (Wildman–Crippen LogP) is 13.9. The smallest absolute Gasteiger partial charge is 0.137 e. The summed E-state index contributed by atoms with van der Waals surface area (Å²) in [5, 5.41) is 7.30. The summed E-state index contributed by atoms with van der Waals surface area (Å²) >= 11 is 1.85. The van der Waals surface area contributed by atoms with Gasteiger partial charge in [0.2, 0.25) is 0 Å². The first-order valence-electron chi connectivity index (χ1n) is 16.6. The number of fused-ring (bicyclic) bond motifs is 7. The molecule has 0 unspecified atom stereocenters. The molecule has 0 amide bonds. The van der Waals surface area contributed by atoms with Crippen molar-refractivity contribution in [2.45, 2.75) is 0 Å². The van der Waals surface area contributed by atoms with Gasteiger partial charge in [-0.25, -0.2) is 0 Å². The summed E-state index contributed by atoms with van der Waals surface area (Å²) < 4.78 is 8.96. The molecule has 0 N–H and O–H groups in total. The Balaban J connectivity index is 1.20. The Morgan fingerprint density at radius 3 is 2.02 bits per heavy atom. The molecule has 2 aromatic heterocycles. The molecule has 0 atom stereocenters. The van der Waals surface area contributed by atoms with Crippen molar-refractivity contribution in [3.05, 3.63) is 176 Å². The lowest BCUT2D eigenvalue weighted by molar-refractivity contribution is 0.669. The van der Waals surface area contributed by atoms with Crippen LogP contribution in [0.2, 0.25) is 0 Å². The van der Waals surface area contributed by atoms with E-state index >= 15 is 0 Å². The van der Waals surface area contributed by atoms with Crippen molar-refractivity contribution < 1.29 is 4.42 Å². The quantitative estimate of drug-likeness (QED) is 0.186. The number of hydrogen-bond donors (Lipinski definition) is 0. The zero-order chi connectivity index (χ0) is 32.3. The van der Waals surface area contributed by atoms with Crippen LogP contribution in [0.3, 0.4) is 0 Å². The second-order valence-electron chi connectivity index (χ2n) is 12.5. The summed E-state index contributed by atoms with van der Waals surface area (Å²) in [6, 6.07) is 63.3. The molecule has 0 aliphatic heterocycles. The van der Waals surface area contributed by atoms with Crippen LogP contribution in [-0.4, -0.2) is 0 Å². The van der Waals surface area contributed by atoms with Gasteiger partial charge < -0.3 is 9.32 Å². The summed E-state index contributed by atoms with van der Waals surface area (Å²) in [5.74, 6) is 0. The van der Waals surface area contributed by atoms with E-state index in [1.807, 2.05) is 23.5 Å². The average molecular weight is 644 g/mol. The maximum atomic E-state index is 6.42. The lowest BCUT2D eigenvalue weighted by Gasteiger charge is -2.26. The molecule has 0 saturated heterocycles. The predicted molar refractivity (Wildman–Crippen MR) is 210 cm³/mol. The van der Waals surface area contributed by atoms with Gasteiger partial charge in [0, 0.05) is 43.7 Å². The highest BCUT2D eigenvalue weighted by Crippen LogP contribution is 2.46. The van der Waals surface area contributed by atoms with E-state index in [4.69, 9.17) is 4.42 Å². The summed E-state index contributed by atoms with van der Waals surface area (Å²) in [6.45, 7) is 0. The van der Waals surface area contributed by atoms with Gasteiger partial charge in [-0.1, -0.05) is 115 Å². The number of benzene rings is 8. The van der Waals surface area contributed by atoms with Crippen molar-refractivity contribution in [3.8, 4) is 22.3 Å². The van der Waals surface area contributed by atoms with Crippen molar-refractivity contribution in [1.29, 1.82) is 0 Å². The Hall–Kier alpha value is -6.16. The van der Waals surface area contributed by atoms with Crippen molar-refractivity contribution in [1.82, 2.24) is 0 Å². The van der Waals surface area contributed by atoms with Gasteiger partial charge in [0.15, 0.2) is 0 Å². The Morgan fingerprint density at radius 2 is 1.10 bits per heavy atom. The van der Waals surface area contributed by atoms with Gasteiger partial charge in [-0.2, -0.15) is 0 Å². The van der Waals surface area contributed by atoms with Crippen LogP contribution < -0.4 is 4.90 Å². The topological polar surface area (TPSA) is 16.4 Å². The minimum absolute atomic E-state index is 0.880. The third kappa shape index (κ3) is 4.62. The number of hydrogen-bond acceptors (Lipinski definition) is 3. The third-order valence-corrected chi connectivity index (χ3v) is 10.8. The SMILES string of the molecule is c1ccc(-c2cc(-c3cccc(N(c4ccc5c(c4)oc4ccccc45)c4cccc5c4sc4ccccc45)c3)cc3ccccc23)cc1. The maximum Gasteiger partial charge on any atom is 0.137 e. The molecule has 0 bridgehead atoms. The van der Waals surface area contributed by atoms with E-state index in [9.17, 15) is 0 Å². The molecule has 10 aromatic rings. The van der Waals surface area contributed by atoms with Gasteiger partial charge in [0.05, 0.1) is 10.4 Å². The Bertz CT molecular complexity index is 2840. The second kappa shape index (κ2) is 11.2. The largest absolute Gasteiger partial charge is 0.456 e. The molecule has 3 heteroatoms. The summed E-state index contributed by atoms with van der Waals surface area (Å²) in [7, 11) is 0. The molecule has 0 saturated carbocycles. The van der Waals surface area contributed by atoms with E-state index in [2.05, 4.69) is 169 Å². The van der Waals surface area contributed by atoms with Crippen molar-refractivity contribution in [3.63, 3.8) is 0 Å². The van der Waals surface area contributed by atoms with Crippen LogP contribution in [0.5, 0.6) is 0 Å². The van der Waals surface area contributed by atoms with E-state index in [-0.39, 0.29) is 0 Å². The summed E-state index contributed by atoms with van der Waals surface area (Å²) in [4.78, 5) is 2.40. The number of furan rings is 1. The fourth-order valence-electron chi connectivity index (χ4n) is 7.35. The fourth-order valence-corrected chi connectivity index (χ4v) is 8.55. The lowest BCUT2D eigenvalue weighted by Crippen LogP contribution is -2.10.